The minimum absolute atomic E-state index is 0.233. The number of pyridine rings is 1. The standard InChI is InChI=1S/C18H17ClN2/c1-13(15-6-4-7-16(19)11-15)20-12-17-10-9-14-5-2-3-8-18(14)21-17/h2-11,13,20H,12H2,1H3/t13-/m0/s1. The molecule has 1 aromatic heterocycles. The number of aromatic nitrogens is 1. The van der Waals surface area contributed by atoms with E-state index in [0.717, 1.165) is 22.8 Å². The van der Waals surface area contributed by atoms with E-state index in [4.69, 9.17) is 11.6 Å². The van der Waals surface area contributed by atoms with Crippen molar-refractivity contribution in [3.63, 3.8) is 0 Å². The second-order valence-electron chi connectivity index (χ2n) is 5.15. The minimum atomic E-state index is 0.233. The van der Waals surface area contributed by atoms with E-state index in [2.05, 4.69) is 41.5 Å². The number of para-hydroxylation sites is 1. The highest BCUT2D eigenvalue weighted by Gasteiger charge is 2.06. The maximum Gasteiger partial charge on any atom is 0.0705 e. The fraction of sp³-hybridized carbons (Fsp3) is 0.167. The number of benzene rings is 2. The third kappa shape index (κ3) is 3.41. The highest BCUT2D eigenvalue weighted by atomic mass is 35.5. The van der Waals surface area contributed by atoms with Gasteiger partial charge >= 0.3 is 0 Å². The van der Waals surface area contributed by atoms with Crippen molar-refractivity contribution in [1.82, 2.24) is 10.3 Å². The molecule has 0 radical (unpaired) electrons. The second-order valence-corrected chi connectivity index (χ2v) is 5.59. The lowest BCUT2D eigenvalue weighted by atomic mass is 10.1. The Morgan fingerprint density at radius 2 is 1.90 bits per heavy atom. The van der Waals surface area contributed by atoms with Gasteiger partial charge in [-0.3, -0.25) is 4.98 Å². The van der Waals surface area contributed by atoms with E-state index in [9.17, 15) is 0 Å². The number of nitrogens with one attached hydrogen (secondary N) is 1. The average molecular weight is 297 g/mol. The summed E-state index contributed by atoms with van der Waals surface area (Å²) in [4.78, 5) is 4.67. The maximum absolute atomic E-state index is 6.03. The number of hydrogen-bond donors (Lipinski definition) is 1. The van der Waals surface area contributed by atoms with Crippen molar-refractivity contribution < 1.29 is 0 Å². The summed E-state index contributed by atoms with van der Waals surface area (Å²) in [6, 6.07) is 20.5. The highest BCUT2D eigenvalue weighted by molar-refractivity contribution is 6.30. The van der Waals surface area contributed by atoms with Crippen LogP contribution in [0.25, 0.3) is 10.9 Å². The predicted octanol–water partition coefficient (Wildman–Crippen LogP) is 4.74. The van der Waals surface area contributed by atoms with Crippen LogP contribution in [0.3, 0.4) is 0 Å². The van der Waals surface area contributed by atoms with Crippen LogP contribution in [-0.4, -0.2) is 4.98 Å². The van der Waals surface area contributed by atoms with Crippen molar-refractivity contribution in [3.8, 4) is 0 Å². The molecule has 1 N–H and O–H groups in total. The first-order valence-corrected chi connectivity index (χ1v) is 7.44. The number of rotatable bonds is 4. The van der Waals surface area contributed by atoms with Crippen molar-refractivity contribution in [2.75, 3.05) is 0 Å². The van der Waals surface area contributed by atoms with Gasteiger partial charge in [0, 0.05) is 23.0 Å². The van der Waals surface area contributed by atoms with Crippen LogP contribution in [0.15, 0.2) is 60.7 Å². The Hall–Kier alpha value is -1.90. The van der Waals surface area contributed by atoms with Crippen LogP contribution >= 0.6 is 11.6 Å². The molecule has 0 saturated heterocycles. The van der Waals surface area contributed by atoms with Crippen molar-refractivity contribution in [1.29, 1.82) is 0 Å². The van der Waals surface area contributed by atoms with E-state index >= 15 is 0 Å². The van der Waals surface area contributed by atoms with Gasteiger partial charge in [-0.25, -0.2) is 0 Å². The van der Waals surface area contributed by atoms with Crippen LogP contribution < -0.4 is 5.32 Å². The first kappa shape index (κ1) is 14.1. The summed E-state index contributed by atoms with van der Waals surface area (Å²) in [5.41, 5.74) is 3.26. The van der Waals surface area contributed by atoms with Gasteiger partial charge in [0.15, 0.2) is 0 Å². The topological polar surface area (TPSA) is 24.9 Å². The molecule has 0 unspecified atom stereocenters. The molecule has 0 fully saturated rings. The Bertz CT molecular complexity index is 755. The number of halogens is 1. The summed E-state index contributed by atoms with van der Waals surface area (Å²) in [6.07, 6.45) is 0. The van der Waals surface area contributed by atoms with Crippen LogP contribution in [0, 0.1) is 0 Å². The normalized spacial score (nSPS) is 12.5. The van der Waals surface area contributed by atoms with E-state index in [-0.39, 0.29) is 6.04 Å². The molecule has 1 atom stereocenters. The van der Waals surface area contributed by atoms with Gasteiger partial charge in [-0.2, -0.15) is 0 Å². The molecule has 0 aliphatic heterocycles. The minimum Gasteiger partial charge on any atom is -0.305 e. The third-order valence-electron chi connectivity index (χ3n) is 3.59. The van der Waals surface area contributed by atoms with E-state index in [1.807, 2.05) is 36.4 Å². The summed E-state index contributed by atoms with van der Waals surface area (Å²) in [6.45, 7) is 2.87. The molecule has 21 heavy (non-hydrogen) atoms. The molecule has 1 heterocycles. The molecule has 3 aromatic rings. The molecule has 2 nitrogen and oxygen atoms in total. The molecular formula is C18H17ClN2. The van der Waals surface area contributed by atoms with Gasteiger partial charge in [0.1, 0.15) is 0 Å². The Morgan fingerprint density at radius 3 is 2.76 bits per heavy atom. The Morgan fingerprint density at radius 1 is 1.05 bits per heavy atom. The van der Waals surface area contributed by atoms with Gasteiger partial charge in [-0.05, 0) is 36.8 Å². The summed E-state index contributed by atoms with van der Waals surface area (Å²) in [5, 5.41) is 5.42. The Balaban J connectivity index is 1.71. The van der Waals surface area contributed by atoms with Crippen LogP contribution in [-0.2, 0) is 6.54 Å². The fourth-order valence-electron chi connectivity index (χ4n) is 2.36. The molecule has 0 bridgehead atoms. The third-order valence-corrected chi connectivity index (χ3v) is 3.83. The van der Waals surface area contributed by atoms with Crippen LogP contribution in [0.4, 0.5) is 0 Å². The number of hydrogen-bond acceptors (Lipinski definition) is 2. The van der Waals surface area contributed by atoms with Crippen molar-refractivity contribution in [2.24, 2.45) is 0 Å². The lowest BCUT2D eigenvalue weighted by Crippen LogP contribution is -2.18. The SMILES string of the molecule is C[C@H](NCc1ccc2ccccc2n1)c1cccc(Cl)c1. The Labute approximate surface area is 129 Å². The molecule has 0 aliphatic rings. The second kappa shape index (κ2) is 6.25. The first-order chi connectivity index (χ1) is 10.2. The first-order valence-electron chi connectivity index (χ1n) is 7.06. The lowest BCUT2D eigenvalue weighted by molar-refractivity contribution is 0.569. The summed E-state index contributed by atoms with van der Waals surface area (Å²) >= 11 is 6.03. The summed E-state index contributed by atoms with van der Waals surface area (Å²) < 4.78 is 0. The molecule has 3 heteroatoms. The maximum atomic E-state index is 6.03. The molecule has 0 aliphatic carbocycles. The van der Waals surface area contributed by atoms with E-state index in [1.54, 1.807) is 0 Å². The zero-order chi connectivity index (χ0) is 14.7. The molecular weight excluding hydrogens is 280 g/mol. The van der Waals surface area contributed by atoms with Gasteiger partial charge in [-0.1, -0.05) is 48.0 Å². The molecule has 0 amide bonds. The summed E-state index contributed by atoms with van der Waals surface area (Å²) in [7, 11) is 0. The fourth-order valence-corrected chi connectivity index (χ4v) is 2.56. The predicted molar refractivity (Wildman–Crippen MR) is 88.4 cm³/mol. The van der Waals surface area contributed by atoms with E-state index in [1.165, 1.54) is 10.9 Å². The van der Waals surface area contributed by atoms with Gasteiger partial charge in [0.2, 0.25) is 0 Å². The highest BCUT2D eigenvalue weighted by Crippen LogP contribution is 2.18. The zero-order valence-electron chi connectivity index (χ0n) is 11.9. The quantitative estimate of drug-likeness (QED) is 0.752. The van der Waals surface area contributed by atoms with Gasteiger partial charge in [0.25, 0.3) is 0 Å². The van der Waals surface area contributed by atoms with Crippen LogP contribution in [0.5, 0.6) is 0 Å². The van der Waals surface area contributed by atoms with Crippen molar-refractivity contribution in [3.05, 3.63) is 76.9 Å². The summed E-state index contributed by atoms with van der Waals surface area (Å²) in [5.74, 6) is 0. The Kier molecular flexibility index (Phi) is 4.18. The van der Waals surface area contributed by atoms with E-state index in [0.29, 0.717) is 0 Å². The monoisotopic (exact) mass is 296 g/mol. The lowest BCUT2D eigenvalue weighted by Gasteiger charge is -2.14. The molecule has 3 rings (SSSR count). The molecule has 0 spiro atoms. The van der Waals surface area contributed by atoms with Gasteiger partial charge in [-0.15, -0.1) is 0 Å². The van der Waals surface area contributed by atoms with Crippen LogP contribution in [0.2, 0.25) is 5.02 Å². The van der Waals surface area contributed by atoms with Crippen molar-refractivity contribution in [2.45, 2.75) is 19.5 Å². The largest absolute Gasteiger partial charge is 0.305 e. The van der Waals surface area contributed by atoms with Gasteiger partial charge < -0.3 is 5.32 Å². The smallest absolute Gasteiger partial charge is 0.0705 e. The van der Waals surface area contributed by atoms with Crippen molar-refractivity contribution >= 4 is 22.5 Å². The average Bonchev–Trinajstić information content (AvgIpc) is 2.52. The molecule has 0 saturated carbocycles. The van der Waals surface area contributed by atoms with Gasteiger partial charge in [0.05, 0.1) is 11.2 Å². The molecule has 106 valence electrons. The molecule has 2 aromatic carbocycles. The van der Waals surface area contributed by atoms with Crippen LogP contribution in [0.1, 0.15) is 24.2 Å². The number of fused-ring (bicyclic) bond motifs is 1. The van der Waals surface area contributed by atoms with E-state index < -0.39 is 0 Å². The zero-order valence-corrected chi connectivity index (χ0v) is 12.6. The number of nitrogens with zero attached hydrogens (tertiary/aromatic N) is 1.